The molecule has 1 aromatic heterocycles. The molecule has 0 spiro atoms. The highest BCUT2D eigenvalue weighted by Gasteiger charge is 2.24. The molecule has 0 aliphatic carbocycles. The van der Waals surface area contributed by atoms with Crippen molar-refractivity contribution in [2.75, 3.05) is 71.5 Å². The molecule has 156 valence electrons. The van der Waals surface area contributed by atoms with Crippen LogP contribution < -0.4 is 10.2 Å². The van der Waals surface area contributed by atoms with Crippen molar-refractivity contribution in [2.24, 2.45) is 10.9 Å². The summed E-state index contributed by atoms with van der Waals surface area (Å²) in [5, 5.41) is 4.47. The van der Waals surface area contributed by atoms with Gasteiger partial charge in [0.05, 0.1) is 6.61 Å². The van der Waals surface area contributed by atoms with Crippen LogP contribution in [0, 0.1) is 5.92 Å². The minimum atomic E-state index is 0.00286. The number of aromatic nitrogens is 2. The number of nitrogens with zero attached hydrogens (tertiary/aromatic N) is 6. The van der Waals surface area contributed by atoms with Crippen LogP contribution in [0.15, 0.2) is 4.99 Å². The van der Waals surface area contributed by atoms with Gasteiger partial charge in [-0.25, -0.2) is 9.98 Å². The Bertz CT molecular complexity index is 665. The van der Waals surface area contributed by atoms with E-state index < -0.39 is 0 Å². The number of rotatable bonds is 6. The van der Waals surface area contributed by atoms with Gasteiger partial charge in [-0.05, 0) is 6.42 Å². The van der Waals surface area contributed by atoms with Crippen LogP contribution >= 0.6 is 11.5 Å². The van der Waals surface area contributed by atoms with Gasteiger partial charge in [0, 0.05) is 77.3 Å². The number of aliphatic imine (C=N–C) groups is 1. The third-order valence-corrected chi connectivity index (χ3v) is 5.87. The highest BCUT2D eigenvalue weighted by atomic mass is 32.1. The minimum absolute atomic E-state index is 0.00286. The molecule has 1 atom stereocenters. The maximum Gasteiger partial charge on any atom is 0.243 e. The summed E-state index contributed by atoms with van der Waals surface area (Å²) >= 11 is 1.47. The van der Waals surface area contributed by atoms with E-state index in [9.17, 15) is 4.79 Å². The van der Waals surface area contributed by atoms with E-state index in [4.69, 9.17) is 4.74 Å². The lowest BCUT2D eigenvalue weighted by Crippen LogP contribution is -2.53. The van der Waals surface area contributed by atoms with E-state index in [-0.39, 0.29) is 12.5 Å². The van der Waals surface area contributed by atoms with Crippen LogP contribution in [0.25, 0.3) is 0 Å². The lowest BCUT2D eigenvalue weighted by Gasteiger charge is -2.36. The van der Waals surface area contributed by atoms with E-state index in [1.165, 1.54) is 11.5 Å². The number of ether oxygens (including phenoxy) is 1. The molecule has 0 aromatic carbocycles. The number of likely N-dealkylation sites (N-methyl/N-ethyl adjacent to an activating group) is 1. The molecule has 3 rings (SSSR count). The molecule has 2 fully saturated rings. The van der Waals surface area contributed by atoms with Gasteiger partial charge in [-0.3, -0.25) is 4.79 Å². The first-order valence-corrected chi connectivity index (χ1v) is 10.7. The van der Waals surface area contributed by atoms with E-state index in [1.807, 2.05) is 0 Å². The summed E-state index contributed by atoms with van der Waals surface area (Å²) in [6.45, 7) is 8.09. The Hall–Kier alpha value is -1.94. The Labute approximate surface area is 170 Å². The fraction of sp³-hybridized carbons (Fsp3) is 0.778. The van der Waals surface area contributed by atoms with Crippen molar-refractivity contribution >= 4 is 28.5 Å². The second kappa shape index (κ2) is 10.0. The zero-order valence-corrected chi connectivity index (χ0v) is 17.9. The SMILES string of the molecule is CCc1nsc(N2CCN(C(=NCC(=O)N(C)C)NCC3CCOC3)CC2)n1. The normalized spacial score (nSPS) is 20.5. The molecule has 0 radical (unpaired) electrons. The number of guanidine groups is 1. The molecular formula is C18H31N7O2S. The van der Waals surface area contributed by atoms with Gasteiger partial charge in [0.25, 0.3) is 0 Å². The van der Waals surface area contributed by atoms with Crippen molar-refractivity contribution in [1.29, 1.82) is 0 Å². The van der Waals surface area contributed by atoms with E-state index in [0.717, 1.165) is 75.7 Å². The van der Waals surface area contributed by atoms with E-state index in [1.54, 1.807) is 19.0 Å². The van der Waals surface area contributed by atoms with Crippen molar-refractivity contribution < 1.29 is 9.53 Å². The number of piperazine rings is 1. The average molecular weight is 410 g/mol. The maximum absolute atomic E-state index is 12.0. The number of hydrogen-bond acceptors (Lipinski definition) is 7. The Morgan fingerprint density at radius 2 is 2.14 bits per heavy atom. The second-order valence-electron chi connectivity index (χ2n) is 7.36. The first kappa shape index (κ1) is 20.8. The van der Waals surface area contributed by atoms with Crippen LogP contribution in [0.5, 0.6) is 0 Å². The molecule has 3 heterocycles. The van der Waals surface area contributed by atoms with Crippen molar-refractivity contribution in [3.63, 3.8) is 0 Å². The fourth-order valence-corrected chi connectivity index (χ4v) is 3.96. The lowest BCUT2D eigenvalue weighted by atomic mass is 10.1. The van der Waals surface area contributed by atoms with Gasteiger partial charge < -0.3 is 24.8 Å². The highest BCUT2D eigenvalue weighted by Crippen LogP contribution is 2.19. The molecule has 1 unspecified atom stereocenters. The molecule has 9 nitrogen and oxygen atoms in total. The standard InChI is InChI=1S/C18H31N7O2S/c1-4-15-21-18(28-22-15)25-8-6-24(7-9-25)17(20-12-16(26)23(2)3)19-11-14-5-10-27-13-14/h14H,4-13H2,1-3H3,(H,19,20). The predicted octanol–water partition coefficient (Wildman–Crippen LogP) is 0.293. The van der Waals surface area contributed by atoms with Gasteiger partial charge in [0.2, 0.25) is 11.0 Å². The number of carbonyl (C=O) groups excluding carboxylic acids is 1. The largest absolute Gasteiger partial charge is 0.381 e. The average Bonchev–Trinajstić information content (AvgIpc) is 3.40. The summed E-state index contributed by atoms with van der Waals surface area (Å²) in [5.41, 5.74) is 0. The fourth-order valence-electron chi connectivity index (χ4n) is 3.16. The van der Waals surface area contributed by atoms with E-state index in [2.05, 4.69) is 36.4 Å². The van der Waals surface area contributed by atoms with Gasteiger partial charge in [-0.15, -0.1) is 0 Å². The van der Waals surface area contributed by atoms with Crippen LogP contribution in [0.1, 0.15) is 19.2 Å². The van der Waals surface area contributed by atoms with Gasteiger partial charge in [-0.2, -0.15) is 4.37 Å². The van der Waals surface area contributed by atoms with Crippen LogP contribution in [-0.4, -0.2) is 97.6 Å². The quantitative estimate of drug-likeness (QED) is 0.534. The lowest BCUT2D eigenvalue weighted by molar-refractivity contribution is -0.127. The monoisotopic (exact) mass is 409 g/mol. The van der Waals surface area contributed by atoms with Crippen LogP contribution in [-0.2, 0) is 16.0 Å². The van der Waals surface area contributed by atoms with Crippen LogP contribution in [0.4, 0.5) is 5.13 Å². The van der Waals surface area contributed by atoms with Crippen molar-refractivity contribution in [1.82, 2.24) is 24.5 Å². The topological polar surface area (TPSA) is 86.2 Å². The molecular weight excluding hydrogens is 378 g/mol. The van der Waals surface area contributed by atoms with Gasteiger partial charge in [0.1, 0.15) is 12.4 Å². The maximum atomic E-state index is 12.0. The molecule has 10 heteroatoms. The number of anilines is 1. The zero-order chi connectivity index (χ0) is 19.9. The number of carbonyl (C=O) groups is 1. The molecule has 2 aliphatic rings. The molecule has 2 saturated heterocycles. The smallest absolute Gasteiger partial charge is 0.243 e. The molecule has 1 amide bonds. The summed E-state index contributed by atoms with van der Waals surface area (Å²) in [6, 6.07) is 0. The molecule has 2 aliphatic heterocycles. The van der Waals surface area contributed by atoms with E-state index in [0.29, 0.717) is 5.92 Å². The third kappa shape index (κ3) is 5.54. The molecule has 1 N–H and O–H groups in total. The van der Waals surface area contributed by atoms with E-state index >= 15 is 0 Å². The van der Waals surface area contributed by atoms with Crippen LogP contribution in [0.2, 0.25) is 0 Å². The molecule has 1 aromatic rings. The van der Waals surface area contributed by atoms with Gasteiger partial charge in [0.15, 0.2) is 5.96 Å². The Morgan fingerprint density at radius 3 is 2.75 bits per heavy atom. The number of aryl methyl sites for hydroxylation is 1. The predicted molar refractivity (Wildman–Crippen MR) is 111 cm³/mol. The van der Waals surface area contributed by atoms with Crippen molar-refractivity contribution in [2.45, 2.75) is 19.8 Å². The molecule has 0 bridgehead atoms. The summed E-state index contributed by atoms with van der Waals surface area (Å²) in [6.07, 6.45) is 1.93. The second-order valence-corrected chi connectivity index (χ2v) is 8.09. The third-order valence-electron chi connectivity index (χ3n) is 5.06. The number of nitrogens with one attached hydrogen (secondary N) is 1. The summed E-state index contributed by atoms with van der Waals surface area (Å²) in [4.78, 5) is 27.3. The Balaban J connectivity index is 1.59. The first-order valence-electron chi connectivity index (χ1n) is 9.95. The minimum Gasteiger partial charge on any atom is -0.381 e. The number of hydrogen-bond donors (Lipinski definition) is 1. The molecule has 0 saturated carbocycles. The first-order chi connectivity index (χ1) is 13.6. The molecule has 28 heavy (non-hydrogen) atoms. The summed E-state index contributed by atoms with van der Waals surface area (Å²) in [7, 11) is 3.51. The highest BCUT2D eigenvalue weighted by molar-refractivity contribution is 7.09. The Morgan fingerprint density at radius 1 is 1.36 bits per heavy atom. The van der Waals surface area contributed by atoms with Crippen LogP contribution in [0.3, 0.4) is 0 Å². The number of amides is 1. The van der Waals surface area contributed by atoms with Gasteiger partial charge in [-0.1, -0.05) is 6.92 Å². The summed E-state index contributed by atoms with van der Waals surface area (Å²) < 4.78 is 9.85. The zero-order valence-electron chi connectivity index (χ0n) is 17.1. The Kier molecular flexibility index (Phi) is 7.43. The summed E-state index contributed by atoms with van der Waals surface area (Å²) in [5.74, 6) is 2.23. The van der Waals surface area contributed by atoms with Gasteiger partial charge >= 0.3 is 0 Å². The van der Waals surface area contributed by atoms with Crippen molar-refractivity contribution in [3.8, 4) is 0 Å². The van der Waals surface area contributed by atoms with Crippen molar-refractivity contribution in [3.05, 3.63) is 5.82 Å².